The van der Waals surface area contributed by atoms with Gasteiger partial charge < -0.3 is 10.4 Å². The number of pyridine rings is 1. The number of fused-ring (bicyclic) bond motifs is 1. The van der Waals surface area contributed by atoms with Gasteiger partial charge in [0.15, 0.2) is 0 Å². The first-order valence-corrected chi connectivity index (χ1v) is 11.3. The Kier molecular flexibility index (Phi) is 5.06. The highest BCUT2D eigenvalue weighted by atomic mass is 79.9. The number of para-hydroxylation sites is 1. The molecule has 1 atom stereocenters. The fourth-order valence-electron chi connectivity index (χ4n) is 4.28. The summed E-state index contributed by atoms with van der Waals surface area (Å²) in [6.07, 6.45) is 0.496. The number of benzene rings is 2. The van der Waals surface area contributed by atoms with Crippen molar-refractivity contribution >= 4 is 44.7 Å². The largest absolute Gasteiger partial charge is 0.356 e. The Bertz CT molecular complexity index is 1250. The lowest BCUT2D eigenvalue weighted by molar-refractivity contribution is 0.00337. The van der Waals surface area contributed by atoms with Gasteiger partial charge in [0.1, 0.15) is 11.4 Å². The van der Waals surface area contributed by atoms with Crippen molar-refractivity contribution in [2.24, 2.45) is 7.05 Å². The number of aromatic nitrogens is 1. The highest BCUT2D eigenvalue weighted by Gasteiger charge is 2.47. The molecule has 1 amide bonds. The number of hydrogen-bond acceptors (Lipinski definition) is 5. The van der Waals surface area contributed by atoms with E-state index in [4.69, 9.17) is 0 Å². The number of halogens is 1. The van der Waals surface area contributed by atoms with Crippen molar-refractivity contribution in [2.45, 2.75) is 32.2 Å². The van der Waals surface area contributed by atoms with Gasteiger partial charge in [0, 0.05) is 34.5 Å². The van der Waals surface area contributed by atoms with E-state index in [0.29, 0.717) is 28.3 Å². The van der Waals surface area contributed by atoms with Crippen LogP contribution in [0, 0.1) is 6.92 Å². The Morgan fingerprint density at radius 3 is 2.31 bits per heavy atom. The van der Waals surface area contributed by atoms with Crippen LogP contribution in [0.15, 0.2) is 63.9 Å². The average molecular weight is 495 g/mol. The van der Waals surface area contributed by atoms with Crippen molar-refractivity contribution in [1.82, 2.24) is 9.47 Å². The SMILES string of the molecule is Cc1c2c(c(Nc3ccccc3)n(C)c1=O)C(=O)N(C1CC1)C(O)N2c1ccc(Br)cc1. The van der Waals surface area contributed by atoms with Gasteiger partial charge in [-0.15, -0.1) is 0 Å². The molecule has 2 aliphatic rings. The lowest BCUT2D eigenvalue weighted by Gasteiger charge is -2.44. The van der Waals surface area contributed by atoms with Gasteiger partial charge in [0.05, 0.1) is 5.69 Å². The molecule has 0 bridgehead atoms. The van der Waals surface area contributed by atoms with E-state index in [1.54, 1.807) is 18.9 Å². The molecular formula is C24H23BrN4O3. The minimum absolute atomic E-state index is 0.0225. The summed E-state index contributed by atoms with van der Waals surface area (Å²) in [6, 6.07) is 16.9. The van der Waals surface area contributed by atoms with Crippen LogP contribution in [0.1, 0.15) is 28.8 Å². The molecule has 1 saturated carbocycles. The van der Waals surface area contributed by atoms with Gasteiger partial charge in [-0.1, -0.05) is 34.1 Å². The predicted molar refractivity (Wildman–Crippen MR) is 128 cm³/mol. The summed E-state index contributed by atoms with van der Waals surface area (Å²) in [6.45, 7) is 1.70. The third kappa shape index (κ3) is 3.30. The molecule has 1 aliphatic heterocycles. The zero-order valence-corrected chi connectivity index (χ0v) is 19.3. The van der Waals surface area contributed by atoms with Crippen molar-refractivity contribution in [2.75, 3.05) is 10.2 Å². The van der Waals surface area contributed by atoms with Crippen LogP contribution in [0.5, 0.6) is 0 Å². The van der Waals surface area contributed by atoms with E-state index in [0.717, 1.165) is 23.0 Å². The highest BCUT2D eigenvalue weighted by molar-refractivity contribution is 9.10. The molecule has 0 saturated heterocycles. The van der Waals surface area contributed by atoms with Crippen molar-refractivity contribution in [3.63, 3.8) is 0 Å². The molecule has 7 nitrogen and oxygen atoms in total. The molecule has 0 radical (unpaired) electrons. The minimum atomic E-state index is -1.20. The van der Waals surface area contributed by atoms with E-state index >= 15 is 0 Å². The molecule has 2 aromatic carbocycles. The topological polar surface area (TPSA) is 77.8 Å². The van der Waals surface area contributed by atoms with Gasteiger partial charge in [0.25, 0.3) is 11.5 Å². The van der Waals surface area contributed by atoms with Crippen LogP contribution in [0.4, 0.5) is 22.9 Å². The van der Waals surface area contributed by atoms with Gasteiger partial charge in [-0.2, -0.15) is 0 Å². The van der Waals surface area contributed by atoms with Crippen LogP contribution in [0.25, 0.3) is 0 Å². The lowest BCUT2D eigenvalue weighted by Crippen LogP contribution is -2.55. The third-order valence-corrected chi connectivity index (χ3v) is 6.57. The number of nitrogens with zero attached hydrogens (tertiary/aromatic N) is 3. The number of aliphatic hydroxyl groups is 1. The van der Waals surface area contributed by atoms with Gasteiger partial charge in [0.2, 0.25) is 6.35 Å². The maximum Gasteiger partial charge on any atom is 0.263 e. The van der Waals surface area contributed by atoms with E-state index in [1.165, 1.54) is 9.47 Å². The van der Waals surface area contributed by atoms with Gasteiger partial charge >= 0.3 is 0 Å². The summed E-state index contributed by atoms with van der Waals surface area (Å²) < 4.78 is 2.37. The molecule has 2 heterocycles. The second kappa shape index (κ2) is 7.79. The van der Waals surface area contributed by atoms with Crippen LogP contribution >= 0.6 is 15.9 Å². The lowest BCUT2D eigenvalue weighted by atomic mass is 10.0. The van der Waals surface area contributed by atoms with E-state index in [9.17, 15) is 14.7 Å². The first-order valence-electron chi connectivity index (χ1n) is 10.5. The molecular weight excluding hydrogens is 472 g/mol. The van der Waals surface area contributed by atoms with Gasteiger partial charge in [-0.05, 0) is 56.2 Å². The summed E-state index contributed by atoms with van der Waals surface area (Å²) in [4.78, 5) is 30.2. The van der Waals surface area contributed by atoms with Crippen LogP contribution in [0.3, 0.4) is 0 Å². The molecule has 3 aromatic rings. The zero-order valence-electron chi connectivity index (χ0n) is 17.7. The van der Waals surface area contributed by atoms with E-state index in [1.807, 2.05) is 54.6 Å². The molecule has 8 heteroatoms. The van der Waals surface area contributed by atoms with Crippen LogP contribution in [-0.2, 0) is 7.05 Å². The molecule has 164 valence electrons. The predicted octanol–water partition coefficient (Wildman–Crippen LogP) is 4.23. The first-order chi connectivity index (χ1) is 15.4. The first kappa shape index (κ1) is 20.8. The standard InChI is InChI=1S/C24H23BrN4O3/c1-14-20-19(21(27(2)22(14)30)26-16-6-4-3-5-7-16)23(31)29(18-12-13-18)24(32)28(20)17-10-8-15(25)9-11-17/h3-11,18,24,26,32H,12-13H2,1-2H3. The van der Waals surface area contributed by atoms with Crippen LogP contribution in [-0.4, -0.2) is 32.9 Å². The number of carbonyl (C=O) groups excluding carboxylic acids is 1. The molecule has 32 heavy (non-hydrogen) atoms. The average Bonchev–Trinajstić information content (AvgIpc) is 3.62. The van der Waals surface area contributed by atoms with Crippen LogP contribution in [0.2, 0.25) is 0 Å². The zero-order chi connectivity index (χ0) is 22.6. The van der Waals surface area contributed by atoms with Crippen molar-refractivity contribution < 1.29 is 9.90 Å². The van der Waals surface area contributed by atoms with Crippen molar-refractivity contribution in [3.05, 3.63) is 80.6 Å². The van der Waals surface area contributed by atoms with Crippen molar-refractivity contribution in [1.29, 1.82) is 0 Å². The number of anilines is 4. The summed E-state index contributed by atoms with van der Waals surface area (Å²) >= 11 is 3.45. The molecule has 1 fully saturated rings. The van der Waals surface area contributed by atoms with E-state index in [2.05, 4.69) is 21.2 Å². The summed E-state index contributed by atoms with van der Waals surface area (Å²) in [7, 11) is 1.66. The highest BCUT2D eigenvalue weighted by Crippen LogP contribution is 2.44. The van der Waals surface area contributed by atoms with E-state index in [-0.39, 0.29) is 17.5 Å². The summed E-state index contributed by atoms with van der Waals surface area (Å²) in [5, 5.41) is 14.6. The van der Waals surface area contributed by atoms with Gasteiger partial charge in [-0.25, -0.2) is 0 Å². The molecule has 1 unspecified atom stereocenters. The van der Waals surface area contributed by atoms with Gasteiger partial charge in [-0.3, -0.25) is 24.0 Å². The molecule has 5 rings (SSSR count). The molecule has 2 N–H and O–H groups in total. The smallest absolute Gasteiger partial charge is 0.263 e. The maximum atomic E-state index is 13.7. The van der Waals surface area contributed by atoms with E-state index < -0.39 is 6.35 Å². The molecule has 1 aliphatic carbocycles. The summed E-state index contributed by atoms with van der Waals surface area (Å²) in [5.41, 5.74) is 2.45. The number of hydrogen-bond donors (Lipinski definition) is 2. The number of nitrogens with one attached hydrogen (secondary N) is 1. The Morgan fingerprint density at radius 1 is 1.03 bits per heavy atom. The number of amides is 1. The fourth-order valence-corrected chi connectivity index (χ4v) is 4.54. The summed E-state index contributed by atoms with van der Waals surface area (Å²) in [5.74, 6) is 0.131. The number of carbonyl (C=O) groups is 1. The number of rotatable bonds is 4. The van der Waals surface area contributed by atoms with Crippen LogP contribution < -0.4 is 15.8 Å². The van der Waals surface area contributed by atoms with Crippen molar-refractivity contribution in [3.8, 4) is 0 Å². The normalized spacial score (nSPS) is 18.0. The Balaban J connectivity index is 1.78. The fraction of sp³-hybridized carbons (Fsp3) is 0.250. The maximum absolute atomic E-state index is 13.7. The minimum Gasteiger partial charge on any atom is -0.356 e. The third-order valence-electron chi connectivity index (χ3n) is 6.04. The molecule has 1 aromatic heterocycles. The monoisotopic (exact) mass is 494 g/mol. The molecule has 0 spiro atoms. The Hall–Kier alpha value is -3.10. The quantitative estimate of drug-likeness (QED) is 0.567. The Labute approximate surface area is 194 Å². The number of aliphatic hydroxyl groups excluding tert-OH is 1. The second-order valence-corrected chi connectivity index (χ2v) is 9.10. The second-order valence-electron chi connectivity index (χ2n) is 8.19. The Morgan fingerprint density at radius 2 is 1.69 bits per heavy atom.